The summed E-state index contributed by atoms with van der Waals surface area (Å²) in [6.45, 7) is 2.41. The zero-order valence-electron chi connectivity index (χ0n) is 11.6. The summed E-state index contributed by atoms with van der Waals surface area (Å²) in [7, 11) is 3.88. The van der Waals surface area contributed by atoms with Gasteiger partial charge in [-0.2, -0.15) is 5.10 Å². The van der Waals surface area contributed by atoms with Crippen LogP contribution < -0.4 is 5.32 Å². The van der Waals surface area contributed by atoms with Crippen LogP contribution in [-0.2, 0) is 6.54 Å². The Morgan fingerprint density at radius 3 is 2.60 bits per heavy atom. The third-order valence-corrected chi connectivity index (χ3v) is 3.05. The monoisotopic (exact) mass is 280 g/mol. The second kappa shape index (κ2) is 6.58. The zero-order chi connectivity index (χ0) is 14.5. The van der Waals surface area contributed by atoms with E-state index in [1.807, 2.05) is 14.1 Å². The number of nitrogens with zero attached hydrogens (tertiary/aromatic N) is 2. The van der Waals surface area contributed by atoms with Crippen LogP contribution in [0.1, 0.15) is 5.56 Å². The van der Waals surface area contributed by atoms with Gasteiger partial charge in [-0.3, -0.25) is 5.10 Å². The molecule has 0 spiro atoms. The summed E-state index contributed by atoms with van der Waals surface area (Å²) >= 11 is 0. The quantitative estimate of drug-likeness (QED) is 0.850. The molecule has 0 aliphatic heterocycles. The first-order chi connectivity index (χ1) is 9.60. The second-order valence-corrected chi connectivity index (χ2v) is 4.77. The summed E-state index contributed by atoms with van der Waals surface area (Å²) in [5, 5.41) is 9.87. The molecule has 1 aromatic carbocycles. The van der Waals surface area contributed by atoms with Gasteiger partial charge in [-0.1, -0.05) is 0 Å². The van der Waals surface area contributed by atoms with Gasteiger partial charge < -0.3 is 10.2 Å². The predicted molar refractivity (Wildman–Crippen MR) is 74.2 cm³/mol. The lowest BCUT2D eigenvalue weighted by Crippen LogP contribution is -2.27. The first-order valence-corrected chi connectivity index (χ1v) is 6.42. The molecule has 0 aliphatic rings. The normalized spacial score (nSPS) is 11.2. The van der Waals surface area contributed by atoms with Crippen molar-refractivity contribution >= 4 is 0 Å². The van der Waals surface area contributed by atoms with E-state index in [-0.39, 0.29) is 0 Å². The van der Waals surface area contributed by atoms with Crippen LogP contribution in [-0.4, -0.2) is 42.3 Å². The molecule has 2 aromatic rings. The molecule has 0 atom stereocenters. The number of likely N-dealkylation sites (N-methyl/N-ethyl adjacent to an activating group) is 2. The molecule has 0 fully saturated rings. The van der Waals surface area contributed by atoms with E-state index in [9.17, 15) is 8.78 Å². The van der Waals surface area contributed by atoms with Crippen molar-refractivity contribution in [3.8, 4) is 11.3 Å². The van der Waals surface area contributed by atoms with E-state index in [4.69, 9.17) is 0 Å². The fourth-order valence-corrected chi connectivity index (χ4v) is 2.05. The van der Waals surface area contributed by atoms with Crippen LogP contribution in [0.5, 0.6) is 0 Å². The molecule has 2 rings (SSSR count). The molecule has 108 valence electrons. The zero-order valence-corrected chi connectivity index (χ0v) is 11.6. The van der Waals surface area contributed by atoms with Crippen molar-refractivity contribution in [2.24, 2.45) is 0 Å². The molecule has 0 unspecified atom stereocenters. The summed E-state index contributed by atoms with van der Waals surface area (Å²) < 4.78 is 26.6. The molecule has 20 heavy (non-hydrogen) atoms. The van der Waals surface area contributed by atoms with Gasteiger partial charge in [0.2, 0.25) is 0 Å². The summed E-state index contributed by atoms with van der Waals surface area (Å²) in [4.78, 5) is 2.11. The van der Waals surface area contributed by atoms with Crippen LogP contribution in [0.15, 0.2) is 24.4 Å². The van der Waals surface area contributed by atoms with Gasteiger partial charge in [-0.25, -0.2) is 8.78 Å². The summed E-state index contributed by atoms with van der Waals surface area (Å²) in [6.07, 6.45) is 1.69. The van der Waals surface area contributed by atoms with Gasteiger partial charge in [-0.15, -0.1) is 0 Å². The molecule has 1 heterocycles. The number of aromatic nitrogens is 2. The van der Waals surface area contributed by atoms with Gasteiger partial charge in [0.15, 0.2) is 0 Å². The van der Waals surface area contributed by atoms with E-state index in [2.05, 4.69) is 20.4 Å². The van der Waals surface area contributed by atoms with Crippen LogP contribution in [0.2, 0.25) is 0 Å². The average molecular weight is 280 g/mol. The fraction of sp³-hybridized carbons (Fsp3) is 0.357. The number of nitrogens with one attached hydrogen (secondary N) is 2. The number of hydrogen-bond acceptors (Lipinski definition) is 3. The van der Waals surface area contributed by atoms with E-state index >= 15 is 0 Å². The van der Waals surface area contributed by atoms with E-state index in [0.29, 0.717) is 17.8 Å². The Kier molecular flexibility index (Phi) is 4.81. The SMILES string of the molecule is CNCCN(C)Cc1cn[nH]c1-c1cc(F)cc(F)c1. The van der Waals surface area contributed by atoms with Crippen molar-refractivity contribution in [1.82, 2.24) is 20.4 Å². The summed E-state index contributed by atoms with van der Waals surface area (Å²) in [5.74, 6) is -1.19. The molecule has 1 aromatic heterocycles. The van der Waals surface area contributed by atoms with E-state index < -0.39 is 11.6 Å². The molecule has 6 heteroatoms. The molecule has 0 radical (unpaired) electrons. The second-order valence-electron chi connectivity index (χ2n) is 4.77. The first-order valence-electron chi connectivity index (χ1n) is 6.42. The highest BCUT2D eigenvalue weighted by molar-refractivity contribution is 5.62. The minimum absolute atomic E-state index is 0.469. The highest BCUT2D eigenvalue weighted by atomic mass is 19.1. The standard InChI is InChI=1S/C14H18F2N4/c1-17-3-4-20(2)9-11-8-18-19-14(11)10-5-12(15)7-13(16)6-10/h5-8,17H,3-4,9H2,1-2H3,(H,18,19). The summed E-state index contributed by atoms with van der Waals surface area (Å²) in [6, 6.07) is 3.46. The maximum atomic E-state index is 13.3. The maximum absolute atomic E-state index is 13.3. The third kappa shape index (κ3) is 3.61. The number of hydrogen-bond donors (Lipinski definition) is 2. The molecule has 0 saturated carbocycles. The van der Waals surface area contributed by atoms with Crippen molar-refractivity contribution in [1.29, 1.82) is 0 Å². The predicted octanol–water partition coefficient (Wildman–Crippen LogP) is 2.01. The molecular weight excluding hydrogens is 262 g/mol. The fourth-order valence-electron chi connectivity index (χ4n) is 2.05. The van der Waals surface area contributed by atoms with Crippen LogP contribution >= 0.6 is 0 Å². The number of H-pyrrole nitrogens is 1. The number of halogens is 2. The largest absolute Gasteiger partial charge is 0.318 e. The molecule has 2 N–H and O–H groups in total. The van der Waals surface area contributed by atoms with Crippen molar-refractivity contribution in [2.75, 3.05) is 27.2 Å². The van der Waals surface area contributed by atoms with E-state index in [1.165, 1.54) is 12.1 Å². The summed E-state index contributed by atoms with van der Waals surface area (Å²) in [5.41, 5.74) is 2.03. The number of aromatic amines is 1. The Labute approximate surface area is 116 Å². The highest BCUT2D eigenvalue weighted by Gasteiger charge is 2.12. The van der Waals surface area contributed by atoms with Gasteiger partial charge >= 0.3 is 0 Å². The lowest BCUT2D eigenvalue weighted by Gasteiger charge is -2.16. The topological polar surface area (TPSA) is 44.0 Å². The van der Waals surface area contributed by atoms with Crippen LogP contribution in [0.3, 0.4) is 0 Å². The third-order valence-electron chi connectivity index (χ3n) is 3.05. The minimum Gasteiger partial charge on any atom is -0.318 e. The maximum Gasteiger partial charge on any atom is 0.126 e. The Bertz CT molecular complexity index is 548. The van der Waals surface area contributed by atoms with Gasteiger partial charge in [0.05, 0.1) is 11.9 Å². The van der Waals surface area contributed by atoms with Gasteiger partial charge in [0.1, 0.15) is 11.6 Å². The van der Waals surface area contributed by atoms with Crippen LogP contribution in [0.25, 0.3) is 11.3 Å². The molecular formula is C14H18F2N4. The molecule has 0 amide bonds. The van der Waals surface area contributed by atoms with Crippen LogP contribution in [0.4, 0.5) is 8.78 Å². The Balaban J connectivity index is 2.19. The van der Waals surface area contributed by atoms with Crippen molar-refractivity contribution < 1.29 is 8.78 Å². The van der Waals surface area contributed by atoms with Gasteiger partial charge in [0.25, 0.3) is 0 Å². The number of rotatable bonds is 6. The Morgan fingerprint density at radius 1 is 1.25 bits per heavy atom. The molecule has 4 nitrogen and oxygen atoms in total. The lowest BCUT2D eigenvalue weighted by atomic mass is 10.1. The number of benzene rings is 1. The van der Waals surface area contributed by atoms with E-state index in [0.717, 1.165) is 24.7 Å². The highest BCUT2D eigenvalue weighted by Crippen LogP contribution is 2.23. The van der Waals surface area contributed by atoms with Crippen molar-refractivity contribution in [3.63, 3.8) is 0 Å². The molecule has 0 aliphatic carbocycles. The average Bonchev–Trinajstić information content (AvgIpc) is 2.83. The van der Waals surface area contributed by atoms with E-state index in [1.54, 1.807) is 6.20 Å². The molecule has 0 bridgehead atoms. The first kappa shape index (κ1) is 14.6. The minimum atomic E-state index is -0.593. The molecule has 0 saturated heterocycles. The van der Waals surface area contributed by atoms with Crippen molar-refractivity contribution in [3.05, 3.63) is 41.6 Å². The van der Waals surface area contributed by atoms with Gasteiger partial charge in [0, 0.05) is 36.8 Å². The Hall–Kier alpha value is -1.79. The van der Waals surface area contributed by atoms with Crippen LogP contribution in [0, 0.1) is 11.6 Å². The lowest BCUT2D eigenvalue weighted by molar-refractivity contribution is 0.328. The van der Waals surface area contributed by atoms with Crippen molar-refractivity contribution in [2.45, 2.75) is 6.54 Å². The smallest absolute Gasteiger partial charge is 0.126 e. The van der Waals surface area contributed by atoms with Gasteiger partial charge in [-0.05, 0) is 26.2 Å². The Morgan fingerprint density at radius 2 is 1.95 bits per heavy atom.